The molecule has 9 heteroatoms. The summed E-state index contributed by atoms with van der Waals surface area (Å²) in [5.74, 6) is 0.410. The van der Waals surface area contributed by atoms with Crippen molar-refractivity contribution < 1.29 is 21.6 Å². The van der Waals surface area contributed by atoms with Crippen LogP contribution in [0, 0.1) is 5.92 Å². The Kier molecular flexibility index (Phi) is 7.24. The lowest BCUT2D eigenvalue weighted by atomic mass is 10.0. The van der Waals surface area contributed by atoms with Crippen molar-refractivity contribution in [3.05, 3.63) is 29.8 Å². The second-order valence-corrected chi connectivity index (χ2v) is 12.7. The highest BCUT2D eigenvalue weighted by atomic mass is 32.2. The third kappa shape index (κ3) is 5.23. The largest absolute Gasteiger partial charge is 0.335 e. The fraction of sp³-hybridized carbons (Fsp3) is 0.667. The molecule has 0 spiro atoms. The van der Waals surface area contributed by atoms with E-state index in [1.54, 1.807) is 17.0 Å². The molecule has 2 aliphatic heterocycles. The number of rotatable bonds is 7. The number of benzene rings is 1. The van der Waals surface area contributed by atoms with Gasteiger partial charge in [0.15, 0.2) is 9.84 Å². The summed E-state index contributed by atoms with van der Waals surface area (Å²) >= 11 is 0. The van der Waals surface area contributed by atoms with Crippen LogP contribution in [0.3, 0.4) is 0 Å². The summed E-state index contributed by atoms with van der Waals surface area (Å²) in [6.07, 6.45) is 3.85. The van der Waals surface area contributed by atoms with Crippen molar-refractivity contribution in [3.63, 3.8) is 0 Å². The Morgan fingerprint density at radius 1 is 1.13 bits per heavy atom. The molecular weight excluding hydrogens is 424 g/mol. The number of sulfonamides is 1. The van der Waals surface area contributed by atoms with Crippen molar-refractivity contribution in [3.8, 4) is 0 Å². The molecule has 1 amide bonds. The van der Waals surface area contributed by atoms with Crippen LogP contribution in [0.15, 0.2) is 29.2 Å². The normalized spacial score (nSPS) is 22.8. The van der Waals surface area contributed by atoms with Gasteiger partial charge in [-0.25, -0.2) is 16.8 Å². The van der Waals surface area contributed by atoms with Crippen LogP contribution in [-0.4, -0.2) is 69.1 Å². The Hall–Kier alpha value is -1.45. The minimum Gasteiger partial charge on any atom is -0.335 e. The Morgan fingerprint density at radius 2 is 1.77 bits per heavy atom. The molecule has 1 atom stereocenters. The van der Waals surface area contributed by atoms with E-state index in [2.05, 4.69) is 6.92 Å². The lowest BCUT2D eigenvalue weighted by Crippen LogP contribution is -2.41. The summed E-state index contributed by atoms with van der Waals surface area (Å²) in [5.41, 5.74) is 0.390. The van der Waals surface area contributed by atoms with Crippen molar-refractivity contribution in [1.82, 2.24) is 9.21 Å². The number of carbonyl (C=O) groups is 1. The van der Waals surface area contributed by atoms with E-state index in [1.807, 2.05) is 6.92 Å². The molecular formula is C21H32N2O5S2. The maximum Gasteiger partial charge on any atom is 0.254 e. The number of hydrogen-bond donors (Lipinski definition) is 0. The van der Waals surface area contributed by atoms with Crippen molar-refractivity contribution in [2.45, 2.75) is 56.9 Å². The van der Waals surface area contributed by atoms with Crippen molar-refractivity contribution in [1.29, 1.82) is 0 Å². The molecule has 2 fully saturated rings. The first-order valence-electron chi connectivity index (χ1n) is 10.8. The van der Waals surface area contributed by atoms with Gasteiger partial charge in [0.25, 0.3) is 5.91 Å². The SMILES string of the molecule is CCCCN(C(=O)c1ccc(S(=O)(=O)N2CCC(C)CC2)cc1)[C@@H]1CCS(=O)(=O)C1. The van der Waals surface area contributed by atoms with Crippen LogP contribution in [0.1, 0.15) is 56.3 Å². The van der Waals surface area contributed by atoms with Crippen LogP contribution in [0.25, 0.3) is 0 Å². The number of amides is 1. The summed E-state index contributed by atoms with van der Waals surface area (Å²) in [6.45, 7) is 5.69. The summed E-state index contributed by atoms with van der Waals surface area (Å²) in [6, 6.07) is 5.76. The highest BCUT2D eigenvalue weighted by Gasteiger charge is 2.35. The molecule has 2 saturated heterocycles. The molecule has 30 heavy (non-hydrogen) atoms. The van der Waals surface area contributed by atoms with Crippen LogP contribution < -0.4 is 0 Å². The molecule has 1 aromatic carbocycles. The van der Waals surface area contributed by atoms with Gasteiger partial charge in [-0.2, -0.15) is 4.31 Å². The summed E-state index contributed by atoms with van der Waals surface area (Å²) < 4.78 is 51.1. The predicted molar refractivity (Wildman–Crippen MR) is 117 cm³/mol. The van der Waals surface area contributed by atoms with Gasteiger partial charge < -0.3 is 4.90 Å². The van der Waals surface area contributed by atoms with Gasteiger partial charge in [-0.05, 0) is 55.9 Å². The van der Waals surface area contributed by atoms with Crippen molar-refractivity contribution in [2.24, 2.45) is 5.92 Å². The molecule has 3 rings (SSSR count). The van der Waals surface area contributed by atoms with Crippen LogP contribution in [-0.2, 0) is 19.9 Å². The summed E-state index contributed by atoms with van der Waals surface area (Å²) in [5, 5.41) is 0. The molecule has 168 valence electrons. The zero-order valence-electron chi connectivity index (χ0n) is 17.8. The predicted octanol–water partition coefficient (Wildman–Crippen LogP) is 2.54. The number of nitrogens with zero attached hydrogens (tertiary/aromatic N) is 2. The molecule has 0 bridgehead atoms. The van der Waals surface area contributed by atoms with E-state index < -0.39 is 19.9 Å². The van der Waals surface area contributed by atoms with E-state index in [1.165, 1.54) is 16.4 Å². The second kappa shape index (κ2) is 9.36. The Bertz CT molecular complexity index is 950. The van der Waals surface area contributed by atoms with Gasteiger partial charge in [-0.15, -0.1) is 0 Å². The minimum absolute atomic E-state index is 0.00228. The maximum absolute atomic E-state index is 13.1. The molecule has 0 saturated carbocycles. The molecule has 0 aromatic heterocycles. The number of hydrogen-bond acceptors (Lipinski definition) is 5. The van der Waals surface area contributed by atoms with Crippen LogP contribution >= 0.6 is 0 Å². The molecule has 1 aromatic rings. The Morgan fingerprint density at radius 3 is 2.30 bits per heavy atom. The van der Waals surface area contributed by atoms with Gasteiger partial charge in [0.1, 0.15) is 0 Å². The lowest BCUT2D eigenvalue weighted by molar-refractivity contribution is 0.0694. The first-order chi connectivity index (χ1) is 14.1. The smallest absolute Gasteiger partial charge is 0.254 e. The standard InChI is InChI=1S/C21H32N2O5S2/c1-3-4-12-23(19-11-15-29(25,26)16-19)21(24)18-5-7-20(8-6-18)30(27,28)22-13-9-17(2)10-14-22/h5-8,17,19H,3-4,9-16H2,1-2H3/t19-/m1/s1. The summed E-state index contributed by atoms with van der Waals surface area (Å²) in [4.78, 5) is 15.0. The van der Waals surface area contributed by atoms with Gasteiger partial charge in [0.2, 0.25) is 10.0 Å². The molecule has 2 heterocycles. The number of unbranched alkanes of at least 4 members (excludes halogenated alkanes) is 1. The van der Waals surface area contributed by atoms with E-state index in [0.717, 1.165) is 25.7 Å². The molecule has 0 aliphatic carbocycles. The maximum atomic E-state index is 13.1. The monoisotopic (exact) mass is 456 g/mol. The molecule has 0 radical (unpaired) electrons. The first kappa shape index (κ1) is 23.2. The second-order valence-electron chi connectivity index (χ2n) is 8.52. The van der Waals surface area contributed by atoms with Gasteiger partial charge in [-0.1, -0.05) is 20.3 Å². The van der Waals surface area contributed by atoms with Crippen LogP contribution in [0.2, 0.25) is 0 Å². The van der Waals surface area contributed by atoms with E-state index in [-0.39, 0.29) is 28.4 Å². The van der Waals surface area contributed by atoms with Crippen molar-refractivity contribution in [2.75, 3.05) is 31.1 Å². The number of carbonyl (C=O) groups excluding carboxylic acids is 1. The molecule has 0 unspecified atom stereocenters. The number of piperidine rings is 1. The van der Waals surface area contributed by atoms with Gasteiger partial charge in [0, 0.05) is 31.2 Å². The minimum atomic E-state index is -3.56. The van der Waals surface area contributed by atoms with E-state index >= 15 is 0 Å². The average Bonchev–Trinajstić information content (AvgIpc) is 3.08. The Labute approximate surface area is 180 Å². The van der Waals surface area contributed by atoms with Crippen LogP contribution in [0.5, 0.6) is 0 Å². The lowest BCUT2D eigenvalue weighted by Gasteiger charge is -2.30. The quantitative estimate of drug-likeness (QED) is 0.629. The highest BCUT2D eigenvalue weighted by Crippen LogP contribution is 2.25. The Balaban J connectivity index is 1.77. The van der Waals surface area contributed by atoms with E-state index in [9.17, 15) is 21.6 Å². The van der Waals surface area contributed by atoms with Gasteiger partial charge in [0.05, 0.1) is 16.4 Å². The number of sulfone groups is 1. The third-order valence-electron chi connectivity index (χ3n) is 6.14. The van der Waals surface area contributed by atoms with Gasteiger partial charge >= 0.3 is 0 Å². The highest BCUT2D eigenvalue weighted by molar-refractivity contribution is 7.91. The van der Waals surface area contributed by atoms with E-state index in [4.69, 9.17) is 0 Å². The molecule has 7 nitrogen and oxygen atoms in total. The third-order valence-corrected chi connectivity index (χ3v) is 9.81. The summed E-state index contributed by atoms with van der Waals surface area (Å²) in [7, 11) is -6.67. The fourth-order valence-corrected chi connectivity index (χ4v) is 7.31. The van der Waals surface area contributed by atoms with Crippen molar-refractivity contribution >= 4 is 25.8 Å². The fourth-order valence-electron chi connectivity index (χ4n) is 4.11. The average molecular weight is 457 g/mol. The molecule has 0 N–H and O–H groups in total. The zero-order chi connectivity index (χ0) is 21.9. The zero-order valence-corrected chi connectivity index (χ0v) is 19.4. The first-order valence-corrected chi connectivity index (χ1v) is 14.0. The van der Waals surface area contributed by atoms with Gasteiger partial charge in [-0.3, -0.25) is 4.79 Å². The molecule has 2 aliphatic rings. The van der Waals surface area contributed by atoms with Crippen LogP contribution in [0.4, 0.5) is 0 Å². The topological polar surface area (TPSA) is 91.8 Å². The van der Waals surface area contributed by atoms with E-state index in [0.29, 0.717) is 37.5 Å².